The van der Waals surface area contributed by atoms with Crippen LogP contribution in [0.5, 0.6) is 0 Å². The van der Waals surface area contributed by atoms with Gasteiger partial charge in [0.1, 0.15) is 6.61 Å². The van der Waals surface area contributed by atoms with Gasteiger partial charge in [-0.1, -0.05) is 6.92 Å². The zero-order valence-corrected chi connectivity index (χ0v) is 10.6. The lowest BCUT2D eigenvalue weighted by Gasteiger charge is -2.11. The van der Waals surface area contributed by atoms with Gasteiger partial charge in [0.25, 0.3) is 0 Å². The minimum atomic E-state index is -0.227. The standard InChI is InChI=1S/C11H23N3O3/c1-3-9(2)14-10(15)4-6-13-11(16)8-17-7-5-12/h9H,3-8,12H2,1-2H3,(H,13,16)(H,14,15). The van der Waals surface area contributed by atoms with E-state index in [1.54, 1.807) is 0 Å². The summed E-state index contributed by atoms with van der Waals surface area (Å²) < 4.78 is 4.95. The SMILES string of the molecule is CCC(C)NC(=O)CCNC(=O)COCCN. The largest absolute Gasteiger partial charge is 0.370 e. The van der Waals surface area contributed by atoms with Gasteiger partial charge in [-0.05, 0) is 13.3 Å². The fourth-order valence-corrected chi connectivity index (χ4v) is 1.06. The average molecular weight is 245 g/mol. The van der Waals surface area contributed by atoms with Crippen LogP contribution in [0.25, 0.3) is 0 Å². The van der Waals surface area contributed by atoms with Gasteiger partial charge in [0.05, 0.1) is 6.61 Å². The van der Waals surface area contributed by atoms with Crippen LogP contribution in [-0.4, -0.2) is 44.2 Å². The molecule has 0 aromatic heterocycles. The van der Waals surface area contributed by atoms with E-state index < -0.39 is 0 Å². The van der Waals surface area contributed by atoms with Crippen LogP contribution in [0.3, 0.4) is 0 Å². The number of rotatable bonds is 9. The highest BCUT2D eigenvalue weighted by molar-refractivity contribution is 5.79. The molecule has 0 bridgehead atoms. The van der Waals surface area contributed by atoms with E-state index in [2.05, 4.69) is 10.6 Å². The molecule has 0 saturated heterocycles. The summed E-state index contributed by atoms with van der Waals surface area (Å²) in [5.74, 6) is -0.280. The highest BCUT2D eigenvalue weighted by Crippen LogP contribution is 1.89. The van der Waals surface area contributed by atoms with E-state index in [4.69, 9.17) is 10.5 Å². The van der Waals surface area contributed by atoms with Crippen molar-refractivity contribution in [1.29, 1.82) is 0 Å². The minimum absolute atomic E-state index is 0.00974. The molecule has 0 heterocycles. The second-order valence-corrected chi connectivity index (χ2v) is 3.82. The number of amides is 2. The first-order valence-corrected chi connectivity index (χ1v) is 5.94. The summed E-state index contributed by atoms with van der Waals surface area (Å²) in [6.07, 6.45) is 1.18. The maximum Gasteiger partial charge on any atom is 0.246 e. The van der Waals surface area contributed by atoms with E-state index >= 15 is 0 Å². The molecule has 0 aliphatic heterocycles. The van der Waals surface area contributed by atoms with Crippen LogP contribution in [0.2, 0.25) is 0 Å². The van der Waals surface area contributed by atoms with E-state index in [0.29, 0.717) is 19.7 Å². The quantitative estimate of drug-likeness (QED) is 0.472. The Kier molecular flexibility index (Phi) is 9.37. The summed E-state index contributed by atoms with van der Waals surface area (Å²) in [4.78, 5) is 22.5. The van der Waals surface area contributed by atoms with Crippen LogP contribution in [0.4, 0.5) is 0 Å². The van der Waals surface area contributed by atoms with Crippen molar-refractivity contribution in [3.05, 3.63) is 0 Å². The highest BCUT2D eigenvalue weighted by Gasteiger charge is 2.06. The van der Waals surface area contributed by atoms with Crippen LogP contribution in [0.15, 0.2) is 0 Å². The monoisotopic (exact) mass is 245 g/mol. The van der Waals surface area contributed by atoms with Gasteiger partial charge in [-0.25, -0.2) is 0 Å². The van der Waals surface area contributed by atoms with Crippen molar-refractivity contribution >= 4 is 11.8 Å². The molecule has 100 valence electrons. The summed E-state index contributed by atoms with van der Waals surface area (Å²) in [6.45, 7) is 5.02. The molecule has 4 N–H and O–H groups in total. The Labute approximate surface area is 102 Å². The van der Waals surface area contributed by atoms with Crippen LogP contribution in [0.1, 0.15) is 26.7 Å². The molecule has 0 spiro atoms. The van der Waals surface area contributed by atoms with Crippen molar-refractivity contribution in [3.63, 3.8) is 0 Å². The average Bonchev–Trinajstić information content (AvgIpc) is 2.29. The Morgan fingerprint density at radius 3 is 2.65 bits per heavy atom. The smallest absolute Gasteiger partial charge is 0.246 e. The summed E-state index contributed by atoms with van der Waals surface area (Å²) in [6, 6.07) is 0.172. The summed E-state index contributed by atoms with van der Waals surface area (Å²) in [5.41, 5.74) is 5.20. The number of hydrogen-bond donors (Lipinski definition) is 3. The van der Waals surface area contributed by atoms with Crippen LogP contribution >= 0.6 is 0 Å². The zero-order valence-electron chi connectivity index (χ0n) is 10.6. The summed E-state index contributed by atoms with van der Waals surface area (Å²) in [7, 11) is 0. The fraction of sp³-hybridized carbons (Fsp3) is 0.818. The van der Waals surface area contributed by atoms with E-state index in [0.717, 1.165) is 6.42 Å². The van der Waals surface area contributed by atoms with Crippen molar-refractivity contribution in [3.8, 4) is 0 Å². The van der Waals surface area contributed by atoms with Crippen molar-refractivity contribution in [1.82, 2.24) is 10.6 Å². The Morgan fingerprint density at radius 1 is 1.35 bits per heavy atom. The van der Waals surface area contributed by atoms with E-state index in [9.17, 15) is 9.59 Å². The highest BCUT2D eigenvalue weighted by atomic mass is 16.5. The zero-order chi connectivity index (χ0) is 13.1. The van der Waals surface area contributed by atoms with Gasteiger partial charge >= 0.3 is 0 Å². The van der Waals surface area contributed by atoms with E-state index in [1.165, 1.54) is 0 Å². The molecule has 0 saturated carbocycles. The molecule has 1 atom stereocenters. The number of hydrogen-bond acceptors (Lipinski definition) is 4. The number of carbonyl (C=O) groups is 2. The number of nitrogens with one attached hydrogen (secondary N) is 2. The van der Waals surface area contributed by atoms with E-state index in [-0.39, 0.29) is 30.9 Å². The molecule has 17 heavy (non-hydrogen) atoms. The predicted molar refractivity (Wildman–Crippen MR) is 65.4 cm³/mol. The molecule has 1 unspecified atom stereocenters. The third-order valence-corrected chi connectivity index (χ3v) is 2.19. The van der Waals surface area contributed by atoms with E-state index in [1.807, 2.05) is 13.8 Å². The van der Waals surface area contributed by atoms with Gasteiger partial charge in [-0.15, -0.1) is 0 Å². The van der Waals surface area contributed by atoms with Crippen molar-refractivity contribution in [2.45, 2.75) is 32.7 Å². The molecular formula is C11H23N3O3. The van der Waals surface area contributed by atoms with Crippen molar-refractivity contribution in [2.24, 2.45) is 5.73 Å². The molecule has 0 rings (SSSR count). The van der Waals surface area contributed by atoms with Crippen LogP contribution < -0.4 is 16.4 Å². The Morgan fingerprint density at radius 2 is 2.06 bits per heavy atom. The lowest BCUT2D eigenvalue weighted by atomic mass is 10.2. The molecule has 0 aliphatic rings. The van der Waals surface area contributed by atoms with Gasteiger partial charge in [-0.2, -0.15) is 0 Å². The van der Waals surface area contributed by atoms with Crippen molar-refractivity contribution in [2.75, 3.05) is 26.3 Å². The van der Waals surface area contributed by atoms with Gasteiger partial charge in [-0.3, -0.25) is 9.59 Å². The van der Waals surface area contributed by atoms with Crippen LogP contribution in [0, 0.1) is 0 Å². The van der Waals surface area contributed by atoms with Gasteiger partial charge in [0, 0.05) is 25.6 Å². The Balaban J connectivity index is 3.49. The molecular weight excluding hydrogens is 222 g/mol. The molecule has 2 amide bonds. The van der Waals surface area contributed by atoms with Gasteiger partial charge in [0.2, 0.25) is 11.8 Å². The number of ether oxygens (including phenoxy) is 1. The van der Waals surface area contributed by atoms with Crippen LogP contribution in [-0.2, 0) is 14.3 Å². The van der Waals surface area contributed by atoms with Crippen molar-refractivity contribution < 1.29 is 14.3 Å². The molecule has 0 radical (unpaired) electrons. The lowest BCUT2D eigenvalue weighted by Crippen LogP contribution is -2.36. The van der Waals surface area contributed by atoms with Gasteiger partial charge < -0.3 is 21.1 Å². The summed E-state index contributed by atoms with van der Waals surface area (Å²) >= 11 is 0. The first-order valence-electron chi connectivity index (χ1n) is 5.94. The molecule has 0 aliphatic carbocycles. The van der Waals surface area contributed by atoms with Gasteiger partial charge in [0.15, 0.2) is 0 Å². The third kappa shape index (κ3) is 9.77. The Bertz CT molecular complexity index is 234. The topological polar surface area (TPSA) is 93.5 Å². The first-order chi connectivity index (χ1) is 8.10. The molecule has 0 aromatic rings. The number of nitrogens with two attached hydrogens (primary N) is 1. The summed E-state index contributed by atoms with van der Waals surface area (Å²) in [5, 5.41) is 5.42. The molecule has 0 aromatic carbocycles. The Hall–Kier alpha value is -1.14. The third-order valence-electron chi connectivity index (χ3n) is 2.19. The normalized spacial score (nSPS) is 11.9. The molecule has 6 nitrogen and oxygen atoms in total. The lowest BCUT2D eigenvalue weighted by molar-refractivity contribution is -0.125. The minimum Gasteiger partial charge on any atom is -0.370 e. The number of carbonyl (C=O) groups excluding carboxylic acids is 2. The maximum atomic E-state index is 11.3. The first kappa shape index (κ1) is 15.9. The maximum absolute atomic E-state index is 11.3. The second-order valence-electron chi connectivity index (χ2n) is 3.82. The second kappa shape index (κ2) is 10.0. The predicted octanol–water partition coefficient (Wildman–Crippen LogP) is -0.617. The molecule has 6 heteroatoms. The fourth-order valence-electron chi connectivity index (χ4n) is 1.06. The molecule has 0 fully saturated rings.